The van der Waals surface area contributed by atoms with Crippen LogP contribution in [-0.2, 0) is 9.53 Å². The zero-order valence-electron chi connectivity index (χ0n) is 20.9. The second-order valence-electron chi connectivity index (χ2n) is 13.7. The molecule has 8 aliphatic carbocycles. The Morgan fingerprint density at radius 1 is 0.778 bits per heavy atom. The molecule has 0 heterocycles. The summed E-state index contributed by atoms with van der Waals surface area (Å²) in [6, 6.07) is 8.02. The maximum atomic E-state index is 12.7. The molecule has 0 saturated heterocycles. The Bertz CT molecular complexity index is 916. The van der Waals surface area contributed by atoms with Crippen molar-refractivity contribution in [1.82, 2.24) is 0 Å². The first-order valence-corrected chi connectivity index (χ1v) is 14.2. The highest BCUT2D eigenvalue weighted by atomic mass is 19.4. The molecule has 3 nitrogen and oxygen atoms in total. The summed E-state index contributed by atoms with van der Waals surface area (Å²) in [5.74, 6) is 3.76. The van der Waals surface area contributed by atoms with Crippen molar-refractivity contribution in [3.05, 3.63) is 29.8 Å². The van der Waals surface area contributed by atoms with Crippen molar-refractivity contribution in [3.8, 4) is 5.75 Å². The molecule has 6 heteroatoms. The lowest BCUT2D eigenvalue weighted by molar-refractivity contribution is -0.205. The third kappa shape index (κ3) is 3.79. The average molecular weight is 503 g/mol. The molecular formula is C30H37F3O3. The smallest absolute Gasteiger partial charge is 0.457 e. The molecule has 8 saturated carbocycles. The van der Waals surface area contributed by atoms with E-state index in [2.05, 4.69) is 16.9 Å². The fourth-order valence-electron chi connectivity index (χ4n) is 11.5. The van der Waals surface area contributed by atoms with Crippen molar-refractivity contribution in [3.63, 3.8) is 0 Å². The zero-order chi connectivity index (χ0) is 24.7. The van der Waals surface area contributed by atoms with Crippen molar-refractivity contribution < 1.29 is 27.4 Å². The van der Waals surface area contributed by atoms with E-state index in [9.17, 15) is 18.0 Å². The molecule has 8 bridgehead atoms. The summed E-state index contributed by atoms with van der Waals surface area (Å²) in [6.45, 7) is -0.705. The monoisotopic (exact) mass is 502 g/mol. The maximum Gasteiger partial charge on any atom is 0.491 e. The Morgan fingerprint density at radius 2 is 1.19 bits per heavy atom. The van der Waals surface area contributed by atoms with Gasteiger partial charge in [0, 0.05) is 0 Å². The summed E-state index contributed by atoms with van der Waals surface area (Å²) >= 11 is 0. The molecule has 9 rings (SSSR count). The Morgan fingerprint density at radius 3 is 1.61 bits per heavy atom. The van der Waals surface area contributed by atoms with Gasteiger partial charge in [0.05, 0.1) is 0 Å². The normalized spacial score (nSPS) is 43.0. The van der Waals surface area contributed by atoms with Crippen LogP contribution in [0.25, 0.3) is 0 Å². The van der Waals surface area contributed by atoms with Gasteiger partial charge in [-0.25, -0.2) is 4.79 Å². The SMILES string of the molecule is O=C(OCOc1ccccc1C(C12CC3CC(CC(C3)C1)C2)C12CC3CC(CC(C3)C1)C2)C(F)(F)F. The summed E-state index contributed by atoms with van der Waals surface area (Å²) in [5, 5.41) is 0. The molecule has 0 aliphatic heterocycles. The molecule has 1 aromatic rings. The van der Waals surface area contributed by atoms with Crippen molar-refractivity contribution in [2.24, 2.45) is 46.3 Å². The quantitative estimate of drug-likeness (QED) is 0.296. The van der Waals surface area contributed by atoms with Crippen LogP contribution in [0.5, 0.6) is 5.75 Å². The third-order valence-corrected chi connectivity index (χ3v) is 11.3. The topological polar surface area (TPSA) is 35.5 Å². The van der Waals surface area contributed by atoms with E-state index in [1.165, 1.54) is 82.6 Å². The zero-order valence-corrected chi connectivity index (χ0v) is 20.9. The number of hydrogen-bond donors (Lipinski definition) is 0. The molecule has 0 radical (unpaired) electrons. The molecule has 0 aromatic heterocycles. The van der Waals surface area contributed by atoms with Crippen LogP contribution in [0.3, 0.4) is 0 Å². The maximum absolute atomic E-state index is 12.7. The van der Waals surface area contributed by atoms with Crippen LogP contribution in [0.1, 0.15) is 88.5 Å². The lowest BCUT2D eigenvalue weighted by Gasteiger charge is -2.67. The van der Waals surface area contributed by atoms with Crippen LogP contribution in [0.4, 0.5) is 13.2 Å². The Balaban J connectivity index is 1.27. The number of rotatable bonds is 6. The van der Waals surface area contributed by atoms with Crippen molar-refractivity contribution >= 4 is 5.97 Å². The number of halogens is 3. The van der Waals surface area contributed by atoms with Gasteiger partial charge in [-0.3, -0.25) is 0 Å². The lowest BCUT2D eigenvalue weighted by Crippen LogP contribution is -2.57. The molecule has 8 fully saturated rings. The van der Waals surface area contributed by atoms with Crippen LogP contribution in [0, 0.1) is 46.3 Å². The van der Waals surface area contributed by atoms with Crippen molar-refractivity contribution in [2.45, 2.75) is 89.1 Å². The Hall–Kier alpha value is -1.72. The number of para-hydroxylation sites is 1. The van der Waals surface area contributed by atoms with Gasteiger partial charge in [0.2, 0.25) is 6.79 Å². The minimum absolute atomic E-state index is 0.266. The summed E-state index contributed by atoms with van der Waals surface area (Å²) in [4.78, 5) is 11.3. The van der Waals surface area contributed by atoms with Crippen LogP contribution in [0.15, 0.2) is 24.3 Å². The fraction of sp³-hybridized carbons (Fsp3) is 0.767. The van der Waals surface area contributed by atoms with Gasteiger partial charge in [-0.2, -0.15) is 13.2 Å². The summed E-state index contributed by atoms with van der Waals surface area (Å²) in [5.41, 5.74) is 1.70. The first-order valence-electron chi connectivity index (χ1n) is 14.2. The molecular weight excluding hydrogens is 465 g/mol. The number of esters is 1. The van der Waals surface area contributed by atoms with E-state index in [-0.39, 0.29) is 10.8 Å². The van der Waals surface area contributed by atoms with Gasteiger partial charge >= 0.3 is 12.1 Å². The average Bonchev–Trinajstić information content (AvgIpc) is 2.77. The van der Waals surface area contributed by atoms with Gasteiger partial charge in [0.1, 0.15) is 5.75 Å². The fourth-order valence-corrected chi connectivity index (χ4v) is 11.5. The van der Waals surface area contributed by atoms with E-state index < -0.39 is 18.9 Å². The van der Waals surface area contributed by atoms with Crippen LogP contribution >= 0.6 is 0 Å². The molecule has 0 amide bonds. The first kappa shape index (κ1) is 23.4. The second-order valence-corrected chi connectivity index (χ2v) is 13.7. The molecule has 0 unspecified atom stereocenters. The van der Waals surface area contributed by atoms with E-state index in [1.807, 2.05) is 12.1 Å². The van der Waals surface area contributed by atoms with Gasteiger partial charge in [0.15, 0.2) is 0 Å². The van der Waals surface area contributed by atoms with E-state index in [4.69, 9.17) is 4.74 Å². The van der Waals surface area contributed by atoms with Crippen LogP contribution < -0.4 is 4.74 Å². The summed E-state index contributed by atoms with van der Waals surface area (Å²) in [7, 11) is 0. The van der Waals surface area contributed by atoms with Gasteiger partial charge in [0.25, 0.3) is 0 Å². The molecule has 0 N–H and O–H groups in total. The third-order valence-electron chi connectivity index (χ3n) is 11.3. The minimum Gasteiger partial charge on any atom is -0.457 e. The summed E-state index contributed by atoms with van der Waals surface area (Å²) in [6.07, 6.45) is 11.1. The molecule has 0 spiro atoms. The van der Waals surface area contributed by atoms with Gasteiger partial charge in [-0.05, 0) is 141 Å². The number of hydrogen-bond acceptors (Lipinski definition) is 3. The molecule has 1 aromatic carbocycles. The van der Waals surface area contributed by atoms with E-state index in [0.29, 0.717) is 11.7 Å². The van der Waals surface area contributed by atoms with E-state index in [1.54, 1.807) is 0 Å². The summed E-state index contributed by atoms with van der Waals surface area (Å²) < 4.78 is 48.4. The van der Waals surface area contributed by atoms with Gasteiger partial charge in [-0.1, -0.05) is 18.2 Å². The number of carbonyl (C=O) groups is 1. The lowest BCUT2D eigenvalue weighted by atomic mass is 9.37. The highest BCUT2D eigenvalue weighted by Crippen LogP contribution is 2.74. The highest BCUT2D eigenvalue weighted by molar-refractivity contribution is 5.75. The van der Waals surface area contributed by atoms with Gasteiger partial charge < -0.3 is 9.47 Å². The number of ether oxygens (including phenoxy) is 2. The van der Waals surface area contributed by atoms with Crippen LogP contribution in [0.2, 0.25) is 0 Å². The number of alkyl halides is 3. The first-order chi connectivity index (χ1) is 17.2. The largest absolute Gasteiger partial charge is 0.491 e. The molecule has 8 aliphatic rings. The van der Waals surface area contributed by atoms with Gasteiger partial charge in [-0.15, -0.1) is 0 Å². The predicted octanol–water partition coefficient (Wildman–Crippen LogP) is 7.64. The number of benzene rings is 1. The Kier molecular flexibility index (Phi) is 5.29. The second kappa shape index (κ2) is 8.14. The molecule has 0 atom stereocenters. The van der Waals surface area contributed by atoms with E-state index >= 15 is 0 Å². The molecule has 36 heavy (non-hydrogen) atoms. The minimum atomic E-state index is -5.01. The van der Waals surface area contributed by atoms with Crippen molar-refractivity contribution in [2.75, 3.05) is 6.79 Å². The highest BCUT2D eigenvalue weighted by Gasteiger charge is 2.63. The van der Waals surface area contributed by atoms with Crippen molar-refractivity contribution in [1.29, 1.82) is 0 Å². The standard InChI is InChI=1S/C30H37F3O3/c31-30(32,33)27(34)36-17-35-25-4-2-1-3-24(25)26(28-11-18-5-19(12-28)7-20(6-18)13-28)29-14-21-8-22(15-29)10-23(9-21)16-29/h1-4,18-23,26H,5-17H2. The Labute approximate surface area is 211 Å². The molecule has 196 valence electrons. The predicted molar refractivity (Wildman–Crippen MR) is 128 cm³/mol. The van der Waals surface area contributed by atoms with E-state index in [0.717, 1.165) is 35.5 Å². The number of carbonyl (C=O) groups excluding carboxylic acids is 1. The van der Waals surface area contributed by atoms with Crippen LogP contribution in [-0.4, -0.2) is 18.9 Å².